The molecule has 21 heavy (non-hydrogen) atoms. The van der Waals surface area contributed by atoms with Crippen LogP contribution in [0.4, 0.5) is 13.2 Å². The lowest BCUT2D eigenvalue weighted by molar-refractivity contribution is -0.137. The first-order valence-electron chi connectivity index (χ1n) is 6.05. The van der Waals surface area contributed by atoms with Gasteiger partial charge in [-0.15, -0.1) is 10.2 Å². The fourth-order valence-electron chi connectivity index (χ4n) is 1.63. The van der Waals surface area contributed by atoms with E-state index in [1.807, 2.05) is 13.2 Å². The summed E-state index contributed by atoms with van der Waals surface area (Å²) < 4.78 is 42.9. The van der Waals surface area contributed by atoms with Crippen LogP contribution in [0.15, 0.2) is 33.9 Å². The molecule has 3 nitrogen and oxygen atoms in total. The van der Waals surface area contributed by atoms with E-state index in [9.17, 15) is 13.2 Å². The van der Waals surface area contributed by atoms with Gasteiger partial charge in [-0.25, -0.2) is 0 Å². The van der Waals surface area contributed by atoms with E-state index in [0.29, 0.717) is 16.9 Å². The second-order valence-electron chi connectivity index (χ2n) is 4.27. The molecule has 0 unspecified atom stereocenters. The molecule has 8 heteroatoms. The monoisotopic (exact) mass is 334 g/mol. The molecule has 0 spiro atoms. The normalized spacial score (nSPS) is 13.4. The lowest BCUT2D eigenvalue weighted by Crippen LogP contribution is -2.04. The molecule has 1 aromatic carbocycles. The van der Waals surface area contributed by atoms with Crippen LogP contribution >= 0.6 is 23.5 Å². The Morgan fingerprint density at radius 2 is 1.86 bits per heavy atom. The lowest BCUT2D eigenvalue weighted by atomic mass is 10.1. The standard InChI is InChI=1S/C13H13F3N2OS2/c1-8(21-12-18-17-11(19-12)7-20-2)9-3-5-10(6-4-9)13(14,15)16/h3-6,8H,7H2,1-2H3/t8-/m1/s1. The van der Waals surface area contributed by atoms with E-state index in [2.05, 4.69) is 10.2 Å². The van der Waals surface area contributed by atoms with Crippen LogP contribution in [0.25, 0.3) is 0 Å². The summed E-state index contributed by atoms with van der Waals surface area (Å²) in [5.74, 6) is 1.19. The average Bonchev–Trinajstić information content (AvgIpc) is 2.86. The van der Waals surface area contributed by atoms with Gasteiger partial charge in [-0.3, -0.25) is 0 Å². The highest BCUT2D eigenvalue weighted by Crippen LogP contribution is 2.36. The lowest BCUT2D eigenvalue weighted by Gasteiger charge is -2.11. The first-order chi connectivity index (χ1) is 9.90. The first-order valence-corrected chi connectivity index (χ1v) is 8.32. The molecule has 0 fully saturated rings. The van der Waals surface area contributed by atoms with Crippen molar-refractivity contribution in [3.8, 4) is 0 Å². The Morgan fingerprint density at radius 1 is 1.19 bits per heavy atom. The fraction of sp³-hybridized carbons (Fsp3) is 0.385. The van der Waals surface area contributed by atoms with Crippen molar-refractivity contribution in [3.63, 3.8) is 0 Å². The third kappa shape index (κ3) is 4.41. The molecule has 0 saturated carbocycles. The van der Waals surface area contributed by atoms with Gasteiger partial charge in [0.05, 0.1) is 11.3 Å². The Balaban J connectivity index is 2.04. The second-order valence-corrected chi connectivity index (χ2v) is 6.43. The quantitative estimate of drug-likeness (QED) is 0.734. The minimum Gasteiger partial charge on any atom is -0.415 e. The summed E-state index contributed by atoms with van der Waals surface area (Å²) in [6, 6.07) is 5.11. The fourth-order valence-corrected chi connectivity index (χ4v) is 2.82. The van der Waals surface area contributed by atoms with Gasteiger partial charge in [0.15, 0.2) is 0 Å². The summed E-state index contributed by atoms with van der Waals surface area (Å²) in [5.41, 5.74) is 0.126. The van der Waals surface area contributed by atoms with Crippen LogP contribution in [0, 0.1) is 0 Å². The van der Waals surface area contributed by atoms with Crippen LogP contribution in [-0.2, 0) is 11.9 Å². The van der Waals surface area contributed by atoms with Crippen molar-refractivity contribution in [2.45, 2.75) is 29.3 Å². The van der Waals surface area contributed by atoms with E-state index >= 15 is 0 Å². The highest BCUT2D eigenvalue weighted by atomic mass is 32.2. The van der Waals surface area contributed by atoms with Crippen LogP contribution in [0.1, 0.15) is 29.2 Å². The van der Waals surface area contributed by atoms with Gasteiger partial charge in [-0.1, -0.05) is 23.9 Å². The predicted octanol–water partition coefficient (Wildman–Crippen LogP) is 4.80. The first kappa shape index (κ1) is 16.2. The van der Waals surface area contributed by atoms with Crippen molar-refractivity contribution in [2.75, 3.05) is 6.26 Å². The summed E-state index contributed by atoms with van der Waals surface area (Å²) >= 11 is 2.90. The smallest absolute Gasteiger partial charge is 0.415 e. The SMILES string of the molecule is CSCc1nnc(S[C@H](C)c2ccc(C(F)(F)F)cc2)o1. The number of benzene rings is 1. The van der Waals surface area contributed by atoms with Crippen molar-refractivity contribution in [1.82, 2.24) is 10.2 Å². The van der Waals surface area contributed by atoms with Crippen molar-refractivity contribution < 1.29 is 17.6 Å². The van der Waals surface area contributed by atoms with E-state index < -0.39 is 11.7 Å². The number of aromatic nitrogens is 2. The Kier molecular flexibility index (Phi) is 5.21. The molecule has 0 amide bonds. The molecule has 114 valence electrons. The summed E-state index contributed by atoms with van der Waals surface area (Å²) in [6.45, 7) is 1.88. The van der Waals surface area contributed by atoms with Crippen molar-refractivity contribution >= 4 is 23.5 Å². The van der Waals surface area contributed by atoms with E-state index in [0.717, 1.165) is 17.7 Å². The molecule has 0 saturated heterocycles. The maximum absolute atomic E-state index is 12.5. The average molecular weight is 334 g/mol. The van der Waals surface area contributed by atoms with E-state index in [-0.39, 0.29) is 5.25 Å². The van der Waals surface area contributed by atoms with Crippen molar-refractivity contribution in [1.29, 1.82) is 0 Å². The number of alkyl halides is 3. The van der Waals surface area contributed by atoms with Gasteiger partial charge in [0.1, 0.15) is 0 Å². The third-order valence-electron chi connectivity index (χ3n) is 2.70. The number of hydrogen-bond acceptors (Lipinski definition) is 5. The minimum absolute atomic E-state index is 0.0742. The molecule has 0 aliphatic rings. The number of hydrogen-bond donors (Lipinski definition) is 0. The Labute approximate surface area is 128 Å². The van der Waals surface area contributed by atoms with Crippen LogP contribution in [0.3, 0.4) is 0 Å². The minimum atomic E-state index is -4.31. The van der Waals surface area contributed by atoms with E-state index in [1.165, 1.54) is 23.9 Å². The summed E-state index contributed by atoms with van der Waals surface area (Å²) in [7, 11) is 0. The predicted molar refractivity (Wildman–Crippen MR) is 77.2 cm³/mol. The molecule has 1 atom stereocenters. The maximum atomic E-state index is 12.5. The molecule has 0 bridgehead atoms. The number of nitrogens with zero attached hydrogens (tertiary/aromatic N) is 2. The molecule has 1 heterocycles. The number of thioether (sulfide) groups is 2. The summed E-state index contributed by atoms with van der Waals surface area (Å²) in [5, 5.41) is 8.15. The van der Waals surface area contributed by atoms with E-state index in [1.54, 1.807) is 11.8 Å². The highest BCUT2D eigenvalue weighted by molar-refractivity contribution is 7.99. The molecule has 2 aromatic rings. The van der Waals surface area contributed by atoms with Gasteiger partial charge < -0.3 is 4.42 Å². The molecule has 0 aliphatic carbocycles. The molecule has 0 radical (unpaired) electrons. The van der Waals surface area contributed by atoms with Gasteiger partial charge in [0.2, 0.25) is 5.89 Å². The van der Waals surface area contributed by atoms with Gasteiger partial charge in [0, 0.05) is 5.25 Å². The number of halogens is 3. The van der Waals surface area contributed by atoms with Crippen molar-refractivity contribution in [3.05, 3.63) is 41.3 Å². The topological polar surface area (TPSA) is 38.9 Å². The Hall–Kier alpha value is -1.15. The molecule has 0 N–H and O–H groups in total. The third-order valence-corrected chi connectivity index (χ3v) is 4.23. The Bertz CT molecular complexity index is 584. The van der Waals surface area contributed by atoms with Gasteiger partial charge >= 0.3 is 6.18 Å². The van der Waals surface area contributed by atoms with Gasteiger partial charge in [0.25, 0.3) is 5.22 Å². The summed E-state index contributed by atoms with van der Waals surface area (Å²) in [4.78, 5) is 0. The van der Waals surface area contributed by atoms with Crippen molar-refractivity contribution in [2.24, 2.45) is 0 Å². The Morgan fingerprint density at radius 3 is 2.43 bits per heavy atom. The largest absolute Gasteiger partial charge is 0.416 e. The molecular formula is C13H13F3N2OS2. The molecule has 2 rings (SSSR count). The van der Waals surface area contributed by atoms with Gasteiger partial charge in [-0.05, 0) is 30.9 Å². The maximum Gasteiger partial charge on any atom is 0.416 e. The van der Waals surface area contributed by atoms with Crippen LogP contribution in [0.2, 0.25) is 0 Å². The van der Waals surface area contributed by atoms with Gasteiger partial charge in [-0.2, -0.15) is 24.9 Å². The molecular weight excluding hydrogens is 321 g/mol. The molecule has 0 aliphatic heterocycles. The van der Waals surface area contributed by atoms with Crippen LogP contribution in [-0.4, -0.2) is 16.5 Å². The second kappa shape index (κ2) is 6.74. The molecule has 1 aromatic heterocycles. The number of rotatable bonds is 5. The van der Waals surface area contributed by atoms with Crippen LogP contribution < -0.4 is 0 Å². The highest BCUT2D eigenvalue weighted by Gasteiger charge is 2.30. The summed E-state index contributed by atoms with van der Waals surface area (Å²) in [6.07, 6.45) is -2.38. The zero-order chi connectivity index (χ0) is 15.5. The van der Waals surface area contributed by atoms with Crippen LogP contribution in [0.5, 0.6) is 0 Å². The van der Waals surface area contributed by atoms with E-state index in [4.69, 9.17) is 4.42 Å². The zero-order valence-electron chi connectivity index (χ0n) is 11.3. The zero-order valence-corrected chi connectivity index (χ0v) is 13.0.